The predicted octanol–water partition coefficient (Wildman–Crippen LogP) is -3.21. The third-order valence-electron chi connectivity index (χ3n) is 1.45. The maximum absolute atomic E-state index is 10.5. The molecule has 84 valence electrons. The molecule has 0 aromatic rings. The quantitative estimate of drug-likeness (QED) is 0.409. The first-order chi connectivity index (χ1) is 6.60. The monoisotopic (exact) mass is 228 g/mol. The van der Waals surface area contributed by atoms with Crippen molar-refractivity contribution in [1.82, 2.24) is 0 Å². The smallest absolute Gasteiger partial charge is 0.550 e. The van der Waals surface area contributed by atoms with E-state index in [9.17, 15) is 9.90 Å². The van der Waals surface area contributed by atoms with Gasteiger partial charge in [-0.15, -0.1) is 0 Å². The topological polar surface area (TPSA) is 67.8 Å². The Morgan fingerprint density at radius 1 is 1.07 bits per heavy atom. The van der Waals surface area contributed by atoms with Crippen LogP contribution in [0.3, 0.4) is 0 Å². The van der Waals surface area contributed by atoms with Crippen LogP contribution in [0.1, 0.15) is 20.8 Å². The summed E-state index contributed by atoms with van der Waals surface area (Å²) < 4.78 is 15.9. The van der Waals surface area contributed by atoms with E-state index < -0.39 is 14.8 Å². The third-order valence-corrected chi connectivity index (χ3v) is 4.36. The van der Waals surface area contributed by atoms with Crippen molar-refractivity contribution in [2.45, 2.75) is 26.8 Å². The second kappa shape index (κ2) is 9.39. The number of rotatable bonds is 8. The number of carbonyl (C=O) groups excluding carboxylic acids is 1. The molecule has 0 saturated carbocycles. The zero-order chi connectivity index (χ0) is 11.0. The molecule has 0 saturated heterocycles. The van der Waals surface area contributed by atoms with Crippen LogP contribution in [0.15, 0.2) is 0 Å². The summed E-state index contributed by atoms with van der Waals surface area (Å²) in [7, 11) is -3.02. The van der Waals surface area contributed by atoms with Gasteiger partial charge >= 0.3 is 27.7 Å². The number of hydrogen-bond donors (Lipinski definition) is 0. The van der Waals surface area contributed by atoms with Gasteiger partial charge in [-0.3, -0.25) is 0 Å². The van der Waals surface area contributed by atoms with Crippen molar-refractivity contribution in [3.8, 4) is 0 Å². The molecule has 0 unspecified atom stereocenters. The van der Waals surface area contributed by atoms with Crippen molar-refractivity contribution in [3.05, 3.63) is 0 Å². The molecule has 0 spiro atoms. The SMILES string of the molecule is CCO[Si](CC(=O)[O-])(OCC)OCC.[Li+]. The summed E-state index contributed by atoms with van der Waals surface area (Å²) in [5.41, 5.74) is 0. The normalized spacial score (nSPS) is 10.9. The number of carboxylic acids is 1. The molecule has 0 amide bonds. The van der Waals surface area contributed by atoms with Crippen LogP contribution >= 0.6 is 0 Å². The Balaban J connectivity index is 0. The largest absolute Gasteiger partial charge is 1.00 e. The minimum Gasteiger partial charge on any atom is -0.550 e. The summed E-state index contributed by atoms with van der Waals surface area (Å²) in [5, 5.41) is 10.5. The zero-order valence-electron chi connectivity index (χ0n) is 9.87. The van der Waals surface area contributed by atoms with Crippen LogP contribution in [0.5, 0.6) is 0 Å². The number of carboxylic acid groups (broad SMARTS) is 1. The molecule has 0 radical (unpaired) electrons. The van der Waals surface area contributed by atoms with Crippen molar-refractivity contribution < 1.29 is 42.0 Å². The molecule has 0 aliphatic heterocycles. The van der Waals surface area contributed by atoms with Crippen LogP contribution in [0.2, 0.25) is 6.04 Å². The fraction of sp³-hybridized carbons (Fsp3) is 0.875. The van der Waals surface area contributed by atoms with E-state index in [2.05, 4.69) is 0 Å². The van der Waals surface area contributed by atoms with Crippen molar-refractivity contribution in [1.29, 1.82) is 0 Å². The van der Waals surface area contributed by atoms with Gasteiger partial charge in [-0.05, 0) is 20.8 Å². The van der Waals surface area contributed by atoms with Crippen molar-refractivity contribution >= 4 is 14.8 Å². The molecule has 0 rings (SSSR count). The maximum Gasteiger partial charge on any atom is 1.00 e. The second-order valence-electron chi connectivity index (χ2n) is 2.53. The van der Waals surface area contributed by atoms with E-state index in [1.54, 1.807) is 20.8 Å². The van der Waals surface area contributed by atoms with Crippen LogP contribution in [-0.4, -0.2) is 34.6 Å². The fourth-order valence-electron chi connectivity index (χ4n) is 1.11. The molecule has 15 heavy (non-hydrogen) atoms. The van der Waals surface area contributed by atoms with Crippen LogP contribution in [0.25, 0.3) is 0 Å². The Morgan fingerprint density at radius 2 is 1.40 bits per heavy atom. The number of aliphatic carboxylic acids is 1. The van der Waals surface area contributed by atoms with Gasteiger partial charge in [0.1, 0.15) is 0 Å². The summed E-state index contributed by atoms with van der Waals surface area (Å²) >= 11 is 0. The van der Waals surface area contributed by atoms with Crippen LogP contribution in [0, 0.1) is 0 Å². The van der Waals surface area contributed by atoms with E-state index in [0.717, 1.165) is 0 Å². The number of hydrogen-bond acceptors (Lipinski definition) is 5. The molecular weight excluding hydrogens is 211 g/mol. The first-order valence-electron chi connectivity index (χ1n) is 4.72. The Bertz CT molecular complexity index is 161. The van der Waals surface area contributed by atoms with Crippen LogP contribution in [-0.2, 0) is 18.1 Å². The van der Waals surface area contributed by atoms with Gasteiger partial charge in [0, 0.05) is 25.8 Å². The maximum atomic E-state index is 10.5. The van der Waals surface area contributed by atoms with Gasteiger partial charge in [-0.25, -0.2) is 0 Å². The van der Waals surface area contributed by atoms with Gasteiger partial charge in [0.15, 0.2) is 0 Å². The van der Waals surface area contributed by atoms with Gasteiger partial charge in [0.05, 0.1) is 6.04 Å². The van der Waals surface area contributed by atoms with E-state index in [4.69, 9.17) is 13.3 Å². The van der Waals surface area contributed by atoms with E-state index in [-0.39, 0.29) is 24.9 Å². The Kier molecular flexibility index (Phi) is 11.0. The molecule has 0 aromatic carbocycles. The average molecular weight is 228 g/mol. The Hall–Kier alpha value is 0.164. The zero-order valence-corrected chi connectivity index (χ0v) is 10.9. The number of carbonyl (C=O) groups is 1. The molecule has 0 aliphatic carbocycles. The molecule has 0 aliphatic rings. The Morgan fingerprint density at radius 3 is 1.60 bits per heavy atom. The van der Waals surface area contributed by atoms with Gasteiger partial charge in [0.2, 0.25) is 0 Å². The summed E-state index contributed by atoms with van der Waals surface area (Å²) in [5.74, 6) is -1.20. The second-order valence-corrected chi connectivity index (χ2v) is 5.12. The molecule has 0 aromatic heterocycles. The summed E-state index contributed by atoms with van der Waals surface area (Å²) in [6.45, 7) is 6.44. The fourth-order valence-corrected chi connectivity index (χ4v) is 3.34. The molecular formula is C8H17LiO5Si. The first kappa shape index (κ1) is 17.6. The van der Waals surface area contributed by atoms with Crippen LogP contribution < -0.4 is 24.0 Å². The molecule has 5 nitrogen and oxygen atoms in total. The van der Waals surface area contributed by atoms with Crippen molar-refractivity contribution in [2.24, 2.45) is 0 Å². The average Bonchev–Trinajstić information content (AvgIpc) is 2.03. The van der Waals surface area contributed by atoms with Crippen LogP contribution in [0.4, 0.5) is 0 Å². The van der Waals surface area contributed by atoms with E-state index >= 15 is 0 Å². The molecule has 0 atom stereocenters. The minimum atomic E-state index is -3.02. The van der Waals surface area contributed by atoms with Crippen molar-refractivity contribution in [3.63, 3.8) is 0 Å². The molecule has 0 bridgehead atoms. The van der Waals surface area contributed by atoms with Gasteiger partial charge in [-0.1, -0.05) is 0 Å². The first-order valence-corrected chi connectivity index (χ1v) is 6.65. The third kappa shape index (κ3) is 7.11. The predicted molar refractivity (Wildman–Crippen MR) is 50.4 cm³/mol. The summed E-state index contributed by atoms with van der Waals surface area (Å²) in [6.07, 6.45) is 0. The summed E-state index contributed by atoms with van der Waals surface area (Å²) in [6, 6.07) is -0.289. The molecule has 0 heterocycles. The van der Waals surface area contributed by atoms with E-state index in [0.29, 0.717) is 19.8 Å². The molecule has 0 fully saturated rings. The van der Waals surface area contributed by atoms with Crippen molar-refractivity contribution in [2.75, 3.05) is 19.8 Å². The minimum absolute atomic E-state index is 0. The molecule has 7 heteroatoms. The summed E-state index contributed by atoms with van der Waals surface area (Å²) in [4.78, 5) is 10.5. The van der Waals surface area contributed by atoms with E-state index in [1.807, 2.05) is 0 Å². The molecule has 0 N–H and O–H groups in total. The van der Waals surface area contributed by atoms with Gasteiger partial charge in [-0.2, -0.15) is 0 Å². The van der Waals surface area contributed by atoms with Gasteiger partial charge in [0.25, 0.3) is 0 Å². The Labute approximate surface area is 104 Å². The van der Waals surface area contributed by atoms with Gasteiger partial charge < -0.3 is 23.2 Å². The standard InChI is InChI=1S/C8H18O5Si.Li/c1-4-11-14(12-5-2,13-6-3)7-8(9)10;/h4-7H2,1-3H3,(H,9,10);/q;+1/p-1. The van der Waals surface area contributed by atoms with E-state index in [1.165, 1.54) is 0 Å².